The van der Waals surface area contributed by atoms with Gasteiger partial charge >= 0.3 is 0 Å². The summed E-state index contributed by atoms with van der Waals surface area (Å²) >= 11 is 0. The van der Waals surface area contributed by atoms with Gasteiger partial charge in [-0.3, -0.25) is 4.99 Å². The average molecular weight is 155 g/mol. The Labute approximate surface area is 66.2 Å². The lowest BCUT2D eigenvalue weighted by Crippen LogP contribution is -2.38. The maximum absolute atomic E-state index is 7.07. The van der Waals surface area contributed by atoms with E-state index in [-0.39, 0.29) is 6.10 Å². The maximum atomic E-state index is 7.07. The van der Waals surface area contributed by atoms with Crippen molar-refractivity contribution in [2.24, 2.45) is 10.9 Å². The molecule has 0 spiro atoms. The molecule has 2 N–H and O–H groups in total. The lowest BCUT2D eigenvalue weighted by molar-refractivity contribution is 0.111. The quantitative estimate of drug-likeness (QED) is 0.559. The van der Waals surface area contributed by atoms with Crippen LogP contribution in [0.25, 0.3) is 0 Å². The van der Waals surface area contributed by atoms with Gasteiger partial charge in [0.05, 0.1) is 12.4 Å². The van der Waals surface area contributed by atoms with Crippen LogP contribution in [0.5, 0.6) is 0 Å². The molecule has 2 atom stereocenters. The molecule has 0 saturated carbocycles. The van der Waals surface area contributed by atoms with Crippen molar-refractivity contribution < 1.29 is 4.74 Å². The molecule has 0 aromatic rings. The zero-order valence-electron chi connectivity index (χ0n) is 6.58. The van der Waals surface area contributed by atoms with Crippen LogP contribution in [-0.2, 0) is 4.74 Å². The molecule has 0 fully saturated rings. The zero-order valence-corrected chi connectivity index (χ0v) is 6.58. The van der Waals surface area contributed by atoms with Crippen LogP contribution < -0.4 is 5.32 Å². The summed E-state index contributed by atoms with van der Waals surface area (Å²) in [5.41, 5.74) is 0. The largest absolute Gasteiger partial charge is 0.376 e. The first-order chi connectivity index (χ1) is 5.38. The molecular weight excluding hydrogens is 142 g/mol. The van der Waals surface area contributed by atoms with Crippen LogP contribution in [0.3, 0.4) is 0 Å². The molecule has 0 aromatic heterocycles. The molecule has 4 heteroatoms. The van der Waals surface area contributed by atoms with Gasteiger partial charge in [0.2, 0.25) is 0 Å². The summed E-state index contributed by atoms with van der Waals surface area (Å²) in [5.74, 6) is 0.308. The van der Waals surface area contributed by atoms with Gasteiger partial charge in [-0.25, -0.2) is 0 Å². The van der Waals surface area contributed by atoms with Crippen LogP contribution in [0.1, 0.15) is 0 Å². The molecule has 0 bridgehead atoms. The fraction of sp³-hybridized carbons (Fsp3) is 0.714. The number of aliphatic imine (C=N–C) groups is 1. The third-order valence-corrected chi connectivity index (χ3v) is 1.80. The Bertz CT molecular complexity index is 158. The molecule has 4 nitrogen and oxygen atoms in total. The Morgan fingerprint density at radius 2 is 2.73 bits per heavy atom. The molecular formula is C7H13N3O. The molecule has 1 heterocycles. The first-order valence-corrected chi connectivity index (χ1v) is 3.63. The van der Waals surface area contributed by atoms with Gasteiger partial charge in [0.15, 0.2) is 0 Å². The molecule has 0 amide bonds. The fourth-order valence-corrected chi connectivity index (χ4v) is 1.14. The van der Waals surface area contributed by atoms with Gasteiger partial charge in [-0.2, -0.15) is 0 Å². The van der Waals surface area contributed by atoms with Crippen LogP contribution in [0.2, 0.25) is 0 Å². The minimum Gasteiger partial charge on any atom is -0.376 e. The van der Waals surface area contributed by atoms with Crippen molar-refractivity contribution >= 4 is 12.6 Å². The Balaban J connectivity index is 2.44. The van der Waals surface area contributed by atoms with E-state index in [0.717, 1.165) is 13.1 Å². The highest BCUT2D eigenvalue weighted by Gasteiger charge is 2.19. The number of nitrogens with zero attached hydrogens (tertiary/aromatic N) is 1. The van der Waals surface area contributed by atoms with E-state index in [1.807, 2.05) is 0 Å². The molecule has 62 valence electrons. The third-order valence-electron chi connectivity index (χ3n) is 1.80. The Hall–Kier alpha value is -0.900. The van der Waals surface area contributed by atoms with Crippen LogP contribution in [0.4, 0.5) is 0 Å². The predicted molar refractivity (Wildman–Crippen MR) is 44.4 cm³/mol. The molecule has 1 unspecified atom stereocenters. The number of ether oxygens (including phenoxy) is 1. The summed E-state index contributed by atoms with van der Waals surface area (Å²) in [6.45, 7) is 1.60. The number of rotatable bonds is 3. The van der Waals surface area contributed by atoms with Crippen LogP contribution in [-0.4, -0.2) is 38.9 Å². The van der Waals surface area contributed by atoms with E-state index in [4.69, 9.17) is 10.1 Å². The van der Waals surface area contributed by atoms with Crippen molar-refractivity contribution in [1.82, 2.24) is 5.32 Å². The molecule has 1 aliphatic heterocycles. The number of nitrogens with one attached hydrogen (secondary N) is 2. The van der Waals surface area contributed by atoms with Crippen molar-refractivity contribution in [3.05, 3.63) is 0 Å². The molecule has 0 saturated heterocycles. The normalized spacial score (nSPS) is 25.7. The lowest BCUT2D eigenvalue weighted by atomic mass is 10.0. The number of hydrogen-bond donors (Lipinski definition) is 2. The van der Waals surface area contributed by atoms with Gasteiger partial charge in [0, 0.05) is 32.3 Å². The summed E-state index contributed by atoms with van der Waals surface area (Å²) in [4.78, 5) is 4.06. The van der Waals surface area contributed by atoms with E-state index in [9.17, 15) is 0 Å². The van der Waals surface area contributed by atoms with Crippen molar-refractivity contribution in [1.29, 1.82) is 5.41 Å². The fourth-order valence-electron chi connectivity index (χ4n) is 1.14. The van der Waals surface area contributed by atoms with E-state index in [2.05, 4.69) is 10.3 Å². The summed E-state index contributed by atoms with van der Waals surface area (Å²) in [7, 11) is 1.62. The molecule has 11 heavy (non-hydrogen) atoms. The SMILES string of the molecule is COC(C=N)[C@H]1CN=CNC1. The Kier molecular flexibility index (Phi) is 3.04. The minimum absolute atomic E-state index is 0.0973. The van der Waals surface area contributed by atoms with Gasteiger partial charge in [0.1, 0.15) is 0 Å². The lowest BCUT2D eigenvalue weighted by Gasteiger charge is -2.23. The summed E-state index contributed by atoms with van der Waals surface area (Å²) < 4.78 is 5.08. The number of hydrogen-bond acceptors (Lipinski definition) is 4. The smallest absolute Gasteiger partial charge is 0.0977 e. The first-order valence-electron chi connectivity index (χ1n) is 3.63. The highest BCUT2D eigenvalue weighted by Crippen LogP contribution is 2.06. The van der Waals surface area contributed by atoms with Crippen LogP contribution in [0, 0.1) is 11.3 Å². The summed E-state index contributed by atoms with van der Waals surface area (Å²) in [5, 5.41) is 10.1. The predicted octanol–water partition coefficient (Wildman–Crippen LogP) is -0.101. The van der Waals surface area contributed by atoms with E-state index in [1.165, 1.54) is 6.21 Å². The minimum atomic E-state index is -0.0973. The standard InChI is InChI=1S/C7H13N3O/c1-11-7(2-8)6-3-9-5-10-4-6/h2,5-8H,3-4H2,1H3,(H,9,10). The second kappa shape index (κ2) is 4.08. The van der Waals surface area contributed by atoms with Gasteiger partial charge < -0.3 is 15.5 Å². The first kappa shape index (κ1) is 8.20. The third kappa shape index (κ3) is 2.01. The average Bonchev–Trinajstić information content (AvgIpc) is 2.09. The monoisotopic (exact) mass is 155 g/mol. The summed E-state index contributed by atoms with van der Waals surface area (Å²) in [6.07, 6.45) is 2.93. The number of methoxy groups -OCH3 is 1. The van der Waals surface area contributed by atoms with Crippen LogP contribution >= 0.6 is 0 Å². The summed E-state index contributed by atoms with van der Waals surface area (Å²) in [6, 6.07) is 0. The van der Waals surface area contributed by atoms with Crippen molar-refractivity contribution in [3.8, 4) is 0 Å². The Morgan fingerprint density at radius 3 is 3.18 bits per heavy atom. The maximum Gasteiger partial charge on any atom is 0.0977 e. The van der Waals surface area contributed by atoms with E-state index < -0.39 is 0 Å². The molecule has 1 rings (SSSR count). The van der Waals surface area contributed by atoms with E-state index in [1.54, 1.807) is 13.4 Å². The molecule has 1 aliphatic rings. The molecule has 0 aliphatic carbocycles. The molecule has 0 radical (unpaired) electrons. The second-order valence-corrected chi connectivity index (χ2v) is 2.53. The topological polar surface area (TPSA) is 57.5 Å². The van der Waals surface area contributed by atoms with Crippen molar-refractivity contribution in [2.45, 2.75) is 6.10 Å². The van der Waals surface area contributed by atoms with Gasteiger partial charge in [-0.05, 0) is 0 Å². The van der Waals surface area contributed by atoms with Gasteiger partial charge in [-0.15, -0.1) is 0 Å². The second-order valence-electron chi connectivity index (χ2n) is 2.53. The van der Waals surface area contributed by atoms with Crippen LogP contribution in [0.15, 0.2) is 4.99 Å². The van der Waals surface area contributed by atoms with Crippen molar-refractivity contribution in [3.63, 3.8) is 0 Å². The van der Waals surface area contributed by atoms with Gasteiger partial charge in [-0.1, -0.05) is 0 Å². The van der Waals surface area contributed by atoms with E-state index in [0.29, 0.717) is 5.92 Å². The highest BCUT2D eigenvalue weighted by atomic mass is 16.5. The highest BCUT2D eigenvalue weighted by molar-refractivity contribution is 5.61. The van der Waals surface area contributed by atoms with Crippen molar-refractivity contribution in [2.75, 3.05) is 20.2 Å². The zero-order chi connectivity index (χ0) is 8.10. The van der Waals surface area contributed by atoms with Gasteiger partial charge in [0.25, 0.3) is 0 Å². The Morgan fingerprint density at radius 1 is 1.91 bits per heavy atom. The molecule has 0 aromatic carbocycles. The van der Waals surface area contributed by atoms with E-state index >= 15 is 0 Å².